The minimum absolute atomic E-state index is 0.363. The predicted molar refractivity (Wildman–Crippen MR) is 75.6 cm³/mol. The van der Waals surface area contributed by atoms with Crippen molar-refractivity contribution in [1.29, 1.82) is 0 Å². The van der Waals surface area contributed by atoms with Crippen molar-refractivity contribution >= 4 is 28.6 Å². The molecule has 0 radical (unpaired) electrons. The van der Waals surface area contributed by atoms with Crippen LogP contribution in [0.4, 0.5) is 0 Å². The van der Waals surface area contributed by atoms with Gasteiger partial charge in [0.2, 0.25) is 0 Å². The lowest BCUT2D eigenvalue weighted by Crippen LogP contribution is -2.08. The molecule has 5 nitrogen and oxygen atoms in total. The number of rotatable bonds is 6. The maximum Gasteiger partial charge on any atom is 0.352 e. The molecule has 0 aromatic carbocycles. The van der Waals surface area contributed by atoms with Crippen LogP contribution in [-0.4, -0.2) is 25.2 Å². The zero-order valence-corrected chi connectivity index (χ0v) is 11.9. The number of aryl methyl sites for hydroxylation is 2. The zero-order chi connectivity index (χ0) is 13.0. The number of carbonyl (C=O) groups is 1. The van der Waals surface area contributed by atoms with Crippen molar-refractivity contribution in [1.82, 2.24) is 14.1 Å². The summed E-state index contributed by atoms with van der Waals surface area (Å²) in [6.07, 6.45) is 9.31. The summed E-state index contributed by atoms with van der Waals surface area (Å²) in [5, 5.41) is 9.05. The number of aromatic carboxylic acids is 1. The molecule has 0 atom stereocenters. The Morgan fingerprint density at radius 1 is 1.39 bits per heavy atom. The van der Waals surface area contributed by atoms with Gasteiger partial charge in [-0.05, 0) is 41.5 Å². The Kier molecular flexibility index (Phi) is 4.40. The number of hydrogen-bond acceptors (Lipinski definition) is 2. The van der Waals surface area contributed by atoms with Crippen molar-refractivity contribution in [3.63, 3.8) is 0 Å². The minimum atomic E-state index is -0.868. The second-order valence-corrected chi connectivity index (χ2v) is 5.30. The molecule has 2 heterocycles. The molecule has 2 aromatic rings. The molecule has 1 N–H and O–H groups in total. The monoisotopic (exact) mass is 359 g/mol. The largest absolute Gasteiger partial charge is 0.477 e. The summed E-state index contributed by atoms with van der Waals surface area (Å²) in [7, 11) is 0. The first-order valence-electron chi connectivity index (χ1n) is 5.71. The number of unbranched alkanes of at least 4 members (excludes halogenated alkanes) is 1. The highest BCUT2D eigenvalue weighted by atomic mass is 127. The van der Waals surface area contributed by atoms with Gasteiger partial charge in [-0.2, -0.15) is 0 Å². The van der Waals surface area contributed by atoms with Crippen LogP contribution in [0.15, 0.2) is 31.0 Å². The standard InChI is InChI=1S/C12H14IN3O2/c13-10-7-11(12(17)18)16(8-10)5-2-1-4-15-6-3-14-9-15/h3,6-9H,1-2,4-5H2,(H,17,18). The van der Waals surface area contributed by atoms with Crippen molar-refractivity contribution in [3.05, 3.63) is 40.2 Å². The van der Waals surface area contributed by atoms with E-state index >= 15 is 0 Å². The summed E-state index contributed by atoms with van der Waals surface area (Å²) in [6, 6.07) is 1.69. The number of carboxylic acid groups (broad SMARTS) is 1. The zero-order valence-electron chi connectivity index (χ0n) is 9.79. The van der Waals surface area contributed by atoms with Gasteiger partial charge < -0.3 is 14.2 Å². The Hall–Kier alpha value is -1.31. The van der Waals surface area contributed by atoms with E-state index in [4.69, 9.17) is 5.11 Å². The molecule has 2 aromatic heterocycles. The van der Waals surface area contributed by atoms with Gasteiger partial charge in [0.05, 0.1) is 6.33 Å². The van der Waals surface area contributed by atoms with E-state index in [2.05, 4.69) is 27.6 Å². The maximum absolute atomic E-state index is 11.0. The van der Waals surface area contributed by atoms with Crippen molar-refractivity contribution in [2.24, 2.45) is 0 Å². The van der Waals surface area contributed by atoms with Crippen LogP contribution in [0.3, 0.4) is 0 Å². The average Bonchev–Trinajstić information content (AvgIpc) is 2.93. The molecule has 2 rings (SSSR count). The van der Waals surface area contributed by atoms with Gasteiger partial charge in [-0.3, -0.25) is 0 Å². The van der Waals surface area contributed by atoms with Gasteiger partial charge in [0, 0.05) is 35.3 Å². The molecule has 0 bridgehead atoms. The lowest BCUT2D eigenvalue weighted by molar-refractivity contribution is 0.0685. The number of carboxylic acids is 1. The van der Waals surface area contributed by atoms with Crippen LogP contribution in [0.5, 0.6) is 0 Å². The first-order chi connectivity index (χ1) is 8.66. The fraction of sp³-hybridized carbons (Fsp3) is 0.333. The summed E-state index contributed by atoms with van der Waals surface area (Å²) in [5.41, 5.74) is 0.363. The van der Waals surface area contributed by atoms with Gasteiger partial charge in [-0.1, -0.05) is 0 Å². The van der Waals surface area contributed by atoms with Gasteiger partial charge in [-0.25, -0.2) is 9.78 Å². The Labute approximate surface area is 119 Å². The van der Waals surface area contributed by atoms with Crippen molar-refractivity contribution in [2.45, 2.75) is 25.9 Å². The van der Waals surface area contributed by atoms with E-state index in [1.165, 1.54) is 0 Å². The predicted octanol–water partition coefficient (Wildman–Crippen LogP) is 2.47. The minimum Gasteiger partial charge on any atom is -0.477 e. The quantitative estimate of drug-likeness (QED) is 0.637. The smallest absolute Gasteiger partial charge is 0.352 e. The summed E-state index contributed by atoms with van der Waals surface area (Å²) < 4.78 is 4.79. The third kappa shape index (κ3) is 3.34. The molecule has 0 saturated heterocycles. The molecule has 0 spiro atoms. The molecular formula is C12H14IN3O2. The van der Waals surface area contributed by atoms with Crippen molar-refractivity contribution in [2.75, 3.05) is 0 Å². The van der Waals surface area contributed by atoms with E-state index in [0.29, 0.717) is 5.69 Å². The number of imidazole rings is 1. The van der Waals surface area contributed by atoms with Gasteiger partial charge in [-0.15, -0.1) is 0 Å². The van der Waals surface area contributed by atoms with Crippen LogP contribution in [-0.2, 0) is 13.1 Å². The van der Waals surface area contributed by atoms with Crippen LogP contribution in [0.1, 0.15) is 23.3 Å². The molecule has 6 heteroatoms. The number of halogens is 1. The second-order valence-electron chi connectivity index (χ2n) is 4.05. The van der Waals surface area contributed by atoms with E-state index in [1.54, 1.807) is 23.2 Å². The Balaban J connectivity index is 1.84. The molecule has 0 saturated carbocycles. The lowest BCUT2D eigenvalue weighted by Gasteiger charge is -2.06. The molecule has 0 aliphatic carbocycles. The third-order valence-corrected chi connectivity index (χ3v) is 3.30. The highest BCUT2D eigenvalue weighted by molar-refractivity contribution is 14.1. The Morgan fingerprint density at radius 2 is 2.17 bits per heavy atom. The highest BCUT2D eigenvalue weighted by Crippen LogP contribution is 2.12. The molecule has 0 unspecified atom stereocenters. The normalized spacial score (nSPS) is 10.7. The van der Waals surface area contributed by atoms with E-state index < -0.39 is 5.97 Å². The van der Waals surface area contributed by atoms with Crippen molar-refractivity contribution < 1.29 is 9.90 Å². The van der Waals surface area contributed by atoms with Crippen LogP contribution < -0.4 is 0 Å². The second kappa shape index (κ2) is 6.03. The third-order valence-electron chi connectivity index (χ3n) is 2.71. The SMILES string of the molecule is O=C(O)c1cc(I)cn1CCCCn1ccnc1. The maximum atomic E-state index is 11.0. The molecule has 0 aliphatic rings. The summed E-state index contributed by atoms with van der Waals surface area (Å²) >= 11 is 2.13. The summed E-state index contributed by atoms with van der Waals surface area (Å²) in [6.45, 7) is 1.65. The molecule has 18 heavy (non-hydrogen) atoms. The highest BCUT2D eigenvalue weighted by Gasteiger charge is 2.10. The summed E-state index contributed by atoms with van der Waals surface area (Å²) in [5.74, 6) is -0.868. The molecule has 96 valence electrons. The number of aromatic nitrogens is 3. The average molecular weight is 359 g/mol. The first-order valence-corrected chi connectivity index (χ1v) is 6.79. The molecule has 0 aliphatic heterocycles. The van der Waals surface area contributed by atoms with Gasteiger partial charge in [0.25, 0.3) is 0 Å². The van der Waals surface area contributed by atoms with E-state index in [0.717, 1.165) is 29.5 Å². The van der Waals surface area contributed by atoms with Gasteiger partial charge in [0.15, 0.2) is 0 Å². The van der Waals surface area contributed by atoms with Crippen molar-refractivity contribution in [3.8, 4) is 0 Å². The molecule has 0 amide bonds. The lowest BCUT2D eigenvalue weighted by atomic mass is 10.3. The Morgan fingerprint density at radius 3 is 2.83 bits per heavy atom. The van der Waals surface area contributed by atoms with Gasteiger partial charge in [0.1, 0.15) is 5.69 Å². The van der Waals surface area contributed by atoms with E-state index in [9.17, 15) is 4.79 Å². The summed E-state index contributed by atoms with van der Waals surface area (Å²) in [4.78, 5) is 15.0. The van der Waals surface area contributed by atoms with Crippen LogP contribution in [0.2, 0.25) is 0 Å². The fourth-order valence-electron chi connectivity index (χ4n) is 1.83. The molecular weight excluding hydrogens is 345 g/mol. The van der Waals surface area contributed by atoms with E-state index in [1.807, 2.05) is 17.0 Å². The van der Waals surface area contributed by atoms with Crippen LogP contribution in [0.25, 0.3) is 0 Å². The number of nitrogens with zero attached hydrogens (tertiary/aromatic N) is 3. The first kappa shape index (κ1) is 13.1. The van der Waals surface area contributed by atoms with Gasteiger partial charge >= 0.3 is 5.97 Å². The topological polar surface area (TPSA) is 60.0 Å². The van der Waals surface area contributed by atoms with Crippen LogP contribution >= 0.6 is 22.6 Å². The molecule has 0 fully saturated rings. The number of hydrogen-bond donors (Lipinski definition) is 1. The van der Waals surface area contributed by atoms with E-state index in [-0.39, 0.29) is 0 Å². The Bertz CT molecular complexity index is 519. The van der Waals surface area contributed by atoms with Crippen LogP contribution in [0, 0.1) is 3.57 Å². The fourth-order valence-corrected chi connectivity index (χ4v) is 2.47.